The lowest BCUT2D eigenvalue weighted by Gasteiger charge is -2.39. The van der Waals surface area contributed by atoms with Gasteiger partial charge in [0.15, 0.2) is 0 Å². The van der Waals surface area contributed by atoms with Gasteiger partial charge in [-0.3, -0.25) is 4.79 Å². The van der Waals surface area contributed by atoms with Crippen molar-refractivity contribution in [2.45, 2.75) is 253 Å². The average molecular weight is 803 g/mol. The van der Waals surface area contributed by atoms with Crippen LogP contribution in [0.3, 0.4) is 0 Å². The third-order valence-electron chi connectivity index (χ3n) is 12.9. The summed E-state index contributed by atoms with van der Waals surface area (Å²) in [4.78, 5) is 13.8. The Morgan fingerprint density at radius 3 is 1.10 bits per heavy atom. The van der Waals surface area contributed by atoms with Crippen molar-refractivity contribution in [1.82, 2.24) is 0 Å². The van der Waals surface area contributed by atoms with Crippen LogP contribution in [0.4, 0.5) is 0 Å². The molecule has 1 saturated carbocycles. The van der Waals surface area contributed by atoms with E-state index in [4.69, 9.17) is 4.74 Å². The van der Waals surface area contributed by atoms with Crippen LogP contribution in [-0.4, -0.2) is 22.3 Å². The minimum atomic E-state index is -0.206. The quantitative estimate of drug-likeness (QED) is 0.0974. The van der Waals surface area contributed by atoms with E-state index in [1.807, 2.05) is 0 Å². The van der Waals surface area contributed by atoms with Crippen LogP contribution >= 0.6 is 0 Å². The third-order valence-corrected chi connectivity index (χ3v) is 12.9. The number of esters is 1. The smallest absolute Gasteiger partial charge is 0.306 e. The summed E-state index contributed by atoms with van der Waals surface area (Å²) in [6.45, 7) is 28.4. The van der Waals surface area contributed by atoms with Crippen LogP contribution in [0.15, 0.2) is 24.3 Å². The molecule has 1 fully saturated rings. The molecule has 0 aliphatic heterocycles. The Morgan fingerprint density at radius 1 is 0.517 bits per heavy atom. The van der Waals surface area contributed by atoms with Crippen LogP contribution in [-0.2, 0) is 44.0 Å². The summed E-state index contributed by atoms with van der Waals surface area (Å²) in [6.07, 6.45) is 24.6. The maximum Gasteiger partial charge on any atom is 0.306 e. The van der Waals surface area contributed by atoms with Crippen LogP contribution in [0.2, 0.25) is 0 Å². The predicted octanol–water partition coefficient (Wildman–Crippen LogP) is 15.7. The van der Waals surface area contributed by atoms with Crippen molar-refractivity contribution in [1.29, 1.82) is 0 Å². The number of phenolic OH excluding ortho intramolecular Hbond substituents is 2. The Hall–Kier alpha value is -2.49. The summed E-state index contributed by atoms with van der Waals surface area (Å²) in [6, 6.07) is 8.86. The number of unbranched alkanes of at least 4 members (excludes halogenated alkanes) is 14. The summed E-state index contributed by atoms with van der Waals surface area (Å²) in [5.74, 6) is 1.15. The molecule has 4 heteroatoms. The maximum atomic E-state index is 13.8. The summed E-state index contributed by atoms with van der Waals surface area (Å²) in [7, 11) is 0. The zero-order chi connectivity index (χ0) is 43.3. The molecule has 4 nitrogen and oxygen atoms in total. The number of rotatable bonds is 21. The third kappa shape index (κ3) is 15.8. The molecule has 1 aliphatic carbocycles. The van der Waals surface area contributed by atoms with E-state index in [-0.39, 0.29) is 45.6 Å². The molecule has 0 radical (unpaired) electrons. The summed E-state index contributed by atoms with van der Waals surface area (Å²) in [5, 5.41) is 23.0. The zero-order valence-electron chi connectivity index (χ0n) is 40.1. The van der Waals surface area contributed by atoms with E-state index in [1.165, 1.54) is 94.6 Å². The van der Waals surface area contributed by atoms with Crippen molar-refractivity contribution in [2.24, 2.45) is 11.8 Å². The summed E-state index contributed by atoms with van der Waals surface area (Å²) < 4.78 is 6.68. The van der Waals surface area contributed by atoms with E-state index in [0.717, 1.165) is 67.2 Å². The van der Waals surface area contributed by atoms with Crippen molar-refractivity contribution in [3.8, 4) is 11.5 Å². The van der Waals surface area contributed by atoms with E-state index in [0.29, 0.717) is 17.9 Å². The van der Waals surface area contributed by atoms with Crippen LogP contribution in [0, 0.1) is 11.8 Å². The number of carbonyl (C=O) groups excluding carboxylic acids is 1. The molecule has 0 heterocycles. The predicted molar refractivity (Wildman–Crippen MR) is 249 cm³/mol. The molecular weight excluding hydrogens is 713 g/mol. The van der Waals surface area contributed by atoms with Crippen molar-refractivity contribution < 1.29 is 19.7 Å². The molecule has 2 aromatic carbocycles. The highest BCUT2D eigenvalue weighted by Crippen LogP contribution is 2.44. The van der Waals surface area contributed by atoms with Gasteiger partial charge >= 0.3 is 5.97 Å². The minimum Gasteiger partial charge on any atom is -0.507 e. The Kier molecular flexibility index (Phi) is 19.2. The number of aromatic hydroxyl groups is 2. The molecule has 2 atom stereocenters. The maximum absolute atomic E-state index is 13.8. The molecule has 58 heavy (non-hydrogen) atoms. The molecule has 0 amide bonds. The summed E-state index contributed by atoms with van der Waals surface area (Å²) >= 11 is 0. The van der Waals surface area contributed by atoms with Crippen LogP contribution in [0.25, 0.3) is 0 Å². The van der Waals surface area contributed by atoms with Crippen molar-refractivity contribution in [3.63, 3.8) is 0 Å². The second kappa shape index (κ2) is 22.4. The number of hydrogen-bond donors (Lipinski definition) is 2. The first-order valence-corrected chi connectivity index (χ1v) is 24.0. The first-order valence-electron chi connectivity index (χ1n) is 24.0. The SMILES string of the molecule is CCCCCCCCCCCCCCCCCC(=O)OC1C(Cc2cc(C(C)(C)C)c(O)c(C(C)(C)C)c2)CCCC1Cc1cc(C(C)(C)C)c(O)c(C(C)(C)C)c1. The van der Waals surface area contributed by atoms with E-state index < -0.39 is 0 Å². The topological polar surface area (TPSA) is 66.8 Å². The van der Waals surface area contributed by atoms with Crippen molar-refractivity contribution >= 4 is 5.97 Å². The van der Waals surface area contributed by atoms with E-state index in [2.05, 4.69) is 114 Å². The lowest BCUT2D eigenvalue weighted by Crippen LogP contribution is -2.39. The minimum absolute atomic E-state index is 0.0514. The molecule has 2 aromatic rings. The largest absolute Gasteiger partial charge is 0.507 e. The highest BCUT2D eigenvalue weighted by molar-refractivity contribution is 5.69. The molecule has 330 valence electrons. The highest BCUT2D eigenvalue weighted by Gasteiger charge is 2.38. The van der Waals surface area contributed by atoms with E-state index in [9.17, 15) is 15.0 Å². The molecule has 0 spiro atoms. The highest BCUT2D eigenvalue weighted by atomic mass is 16.5. The normalized spacial score (nSPS) is 18.1. The second-order valence-electron chi connectivity index (χ2n) is 22.6. The molecule has 0 bridgehead atoms. The summed E-state index contributed by atoms with van der Waals surface area (Å²) in [5.41, 5.74) is 5.55. The Labute approximate surface area is 358 Å². The first kappa shape index (κ1) is 49.9. The van der Waals surface area contributed by atoms with Crippen molar-refractivity contribution in [3.05, 3.63) is 57.6 Å². The van der Waals surface area contributed by atoms with E-state index >= 15 is 0 Å². The van der Waals surface area contributed by atoms with Gasteiger partial charge in [0.2, 0.25) is 0 Å². The van der Waals surface area contributed by atoms with E-state index in [1.54, 1.807) is 0 Å². The van der Waals surface area contributed by atoms with Gasteiger partial charge in [0.25, 0.3) is 0 Å². The Bertz CT molecular complexity index is 1380. The number of hydrogen-bond acceptors (Lipinski definition) is 4. The molecule has 1 aliphatic rings. The number of benzene rings is 2. The molecule has 0 aromatic heterocycles. The Balaban J connectivity index is 1.75. The van der Waals surface area contributed by atoms with Crippen LogP contribution in [0.1, 0.15) is 245 Å². The first-order chi connectivity index (χ1) is 27.0. The fourth-order valence-corrected chi connectivity index (χ4v) is 9.35. The standard InChI is InChI=1S/C54H90O4/c1-14-15-16-17-18-19-20-21-22-23-24-25-26-27-28-32-47(55)58-50-41(33-39-35-43(51(2,3)4)48(56)44(36-39)52(5,6)7)30-29-31-42(50)34-40-37-45(53(8,9)10)49(57)46(38-40)54(11,12)13/h35-38,41-42,50,56-57H,14-34H2,1-13H3. The number of carbonyl (C=O) groups is 1. The zero-order valence-corrected chi connectivity index (χ0v) is 40.1. The van der Waals surface area contributed by atoms with Gasteiger partial charge in [-0.15, -0.1) is 0 Å². The lowest BCUT2D eigenvalue weighted by atomic mass is 9.71. The van der Waals surface area contributed by atoms with Crippen molar-refractivity contribution in [2.75, 3.05) is 0 Å². The lowest BCUT2D eigenvalue weighted by molar-refractivity contribution is -0.158. The number of ether oxygens (including phenoxy) is 1. The second-order valence-corrected chi connectivity index (χ2v) is 22.6. The van der Waals surface area contributed by atoms with Gasteiger partial charge in [-0.1, -0.05) is 211 Å². The van der Waals surface area contributed by atoms with Gasteiger partial charge in [-0.25, -0.2) is 0 Å². The van der Waals surface area contributed by atoms with Crippen LogP contribution in [0.5, 0.6) is 11.5 Å². The fraction of sp³-hybridized carbons (Fsp3) is 0.759. The molecular formula is C54H90O4. The molecule has 3 rings (SSSR count). The molecule has 2 N–H and O–H groups in total. The molecule has 0 saturated heterocycles. The van der Waals surface area contributed by atoms with Gasteiger partial charge in [-0.05, 0) is 87.1 Å². The van der Waals surface area contributed by atoms with Gasteiger partial charge in [0, 0.05) is 18.3 Å². The van der Waals surface area contributed by atoms with Crippen LogP contribution < -0.4 is 0 Å². The fourth-order valence-electron chi connectivity index (χ4n) is 9.35. The van der Waals surface area contributed by atoms with Gasteiger partial charge < -0.3 is 14.9 Å². The molecule has 2 unspecified atom stereocenters. The van der Waals surface area contributed by atoms with Gasteiger partial charge in [-0.2, -0.15) is 0 Å². The average Bonchev–Trinajstić information content (AvgIpc) is 3.10. The Morgan fingerprint density at radius 2 is 0.810 bits per heavy atom. The number of phenols is 2. The van der Waals surface area contributed by atoms with Gasteiger partial charge in [0.05, 0.1) is 0 Å². The van der Waals surface area contributed by atoms with Gasteiger partial charge in [0.1, 0.15) is 17.6 Å². The monoisotopic (exact) mass is 803 g/mol.